The number of thiophene rings is 1. The van der Waals surface area contributed by atoms with Crippen LogP contribution in [0.2, 0.25) is 0 Å². The monoisotopic (exact) mass is 474 g/mol. The summed E-state index contributed by atoms with van der Waals surface area (Å²) in [5.74, 6) is 0.0866. The quantitative estimate of drug-likeness (QED) is 0.523. The largest absolute Gasteiger partial charge is 0.459 e. The Morgan fingerprint density at radius 3 is 2.76 bits per heavy atom. The number of halogens is 1. The fourth-order valence-electron chi connectivity index (χ4n) is 3.61. The Hall–Kier alpha value is -1.93. The zero-order valence-electron chi connectivity index (χ0n) is 16.2. The first-order valence-corrected chi connectivity index (χ1v) is 11.3. The van der Waals surface area contributed by atoms with Gasteiger partial charge in [-0.15, -0.1) is 11.3 Å². The molecule has 1 N–H and O–H groups in total. The molecule has 0 bridgehead atoms. The van der Waals surface area contributed by atoms with Crippen molar-refractivity contribution in [3.63, 3.8) is 0 Å². The summed E-state index contributed by atoms with van der Waals surface area (Å²) < 4.78 is 11.9. The maximum absolute atomic E-state index is 12.7. The minimum atomic E-state index is -0.226. The van der Waals surface area contributed by atoms with Crippen molar-refractivity contribution >= 4 is 38.2 Å². The predicted octanol–water partition coefficient (Wildman–Crippen LogP) is 5.34. The van der Waals surface area contributed by atoms with E-state index >= 15 is 0 Å². The summed E-state index contributed by atoms with van der Waals surface area (Å²) in [5, 5.41) is 3.96. The SMILES string of the molecule is CCc1cc([C@@H](c2cccc(Br)c2)N2CCOCC2)c(NC(=O)c2ccco2)s1. The Labute approximate surface area is 182 Å². The molecule has 1 aromatic carbocycles. The number of nitrogens with one attached hydrogen (secondary N) is 1. The third kappa shape index (κ3) is 4.64. The molecule has 0 aliphatic carbocycles. The van der Waals surface area contributed by atoms with Gasteiger partial charge in [-0.3, -0.25) is 9.69 Å². The third-order valence-electron chi connectivity index (χ3n) is 5.00. The summed E-state index contributed by atoms with van der Waals surface area (Å²) in [6.07, 6.45) is 2.43. The molecule has 5 nitrogen and oxygen atoms in total. The molecule has 1 amide bonds. The number of ether oxygens (including phenoxy) is 1. The molecule has 1 aliphatic rings. The Balaban J connectivity index is 1.75. The van der Waals surface area contributed by atoms with E-state index in [2.05, 4.69) is 57.3 Å². The van der Waals surface area contributed by atoms with Gasteiger partial charge in [0.2, 0.25) is 0 Å². The van der Waals surface area contributed by atoms with Gasteiger partial charge >= 0.3 is 0 Å². The number of hydrogen-bond acceptors (Lipinski definition) is 5. The number of aryl methyl sites for hydroxylation is 1. The van der Waals surface area contributed by atoms with Crippen molar-refractivity contribution in [1.82, 2.24) is 4.90 Å². The van der Waals surface area contributed by atoms with E-state index in [9.17, 15) is 4.79 Å². The van der Waals surface area contributed by atoms with E-state index in [-0.39, 0.29) is 11.9 Å². The second kappa shape index (κ2) is 9.26. The molecular formula is C22H23BrN2O3S. The summed E-state index contributed by atoms with van der Waals surface area (Å²) in [7, 11) is 0. The van der Waals surface area contributed by atoms with Gasteiger partial charge in [0.15, 0.2) is 5.76 Å². The summed E-state index contributed by atoms with van der Waals surface area (Å²) >= 11 is 5.24. The Morgan fingerprint density at radius 1 is 1.24 bits per heavy atom. The van der Waals surface area contributed by atoms with Gasteiger partial charge in [0.05, 0.1) is 25.5 Å². The van der Waals surface area contributed by atoms with Crippen molar-refractivity contribution < 1.29 is 13.9 Å². The van der Waals surface area contributed by atoms with Crippen LogP contribution in [-0.4, -0.2) is 37.1 Å². The topological polar surface area (TPSA) is 54.7 Å². The minimum absolute atomic E-state index is 0.0415. The molecule has 0 unspecified atom stereocenters. The molecule has 1 aliphatic heterocycles. The van der Waals surface area contributed by atoms with E-state index in [4.69, 9.17) is 9.15 Å². The van der Waals surface area contributed by atoms with E-state index in [0.717, 1.165) is 34.5 Å². The van der Waals surface area contributed by atoms with E-state index in [1.54, 1.807) is 23.5 Å². The van der Waals surface area contributed by atoms with Gasteiger partial charge in [-0.05, 0) is 42.3 Å². The van der Waals surface area contributed by atoms with Crippen LogP contribution in [0.1, 0.15) is 39.5 Å². The maximum Gasteiger partial charge on any atom is 0.291 e. The Kier molecular flexibility index (Phi) is 6.50. The predicted molar refractivity (Wildman–Crippen MR) is 119 cm³/mol. The Morgan fingerprint density at radius 2 is 2.07 bits per heavy atom. The molecule has 0 saturated carbocycles. The number of carbonyl (C=O) groups excluding carboxylic acids is 1. The number of anilines is 1. The third-order valence-corrected chi connectivity index (χ3v) is 6.71. The van der Waals surface area contributed by atoms with Crippen molar-refractivity contribution in [3.05, 3.63) is 75.0 Å². The van der Waals surface area contributed by atoms with Gasteiger partial charge < -0.3 is 14.5 Å². The number of amides is 1. The van der Waals surface area contributed by atoms with Crippen molar-refractivity contribution in [3.8, 4) is 0 Å². The van der Waals surface area contributed by atoms with Crippen LogP contribution < -0.4 is 5.32 Å². The van der Waals surface area contributed by atoms with Gasteiger partial charge in [0.25, 0.3) is 5.91 Å². The summed E-state index contributed by atoms with van der Waals surface area (Å²) in [6.45, 7) is 5.25. The fraction of sp³-hybridized carbons (Fsp3) is 0.318. The molecule has 4 rings (SSSR count). The number of hydrogen-bond donors (Lipinski definition) is 1. The molecule has 152 valence electrons. The number of morpholine rings is 1. The van der Waals surface area contributed by atoms with Crippen LogP contribution in [-0.2, 0) is 11.2 Å². The lowest BCUT2D eigenvalue weighted by Crippen LogP contribution is -2.39. The van der Waals surface area contributed by atoms with Crippen molar-refractivity contribution in [1.29, 1.82) is 0 Å². The molecular weight excluding hydrogens is 452 g/mol. The first kappa shape index (κ1) is 20.3. The Bertz CT molecular complexity index is 964. The van der Waals surface area contributed by atoms with E-state index in [1.807, 2.05) is 6.07 Å². The van der Waals surface area contributed by atoms with Crippen LogP contribution in [0, 0.1) is 0 Å². The molecule has 2 aromatic heterocycles. The van der Waals surface area contributed by atoms with Crippen LogP contribution in [0.15, 0.2) is 57.6 Å². The lowest BCUT2D eigenvalue weighted by atomic mass is 9.97. The summed E-state index contributed by atoms with van der Waals surface area (Å²) in [5.41, 5.74) is 2.31. The molecule has 0 spiro atoms. The molecule has 7 heteroatoms. The van der Waals surface area contributed by atoms with Crippen LogP contribution >= 0.6 is 27.3 Å². The normalized spacial score (nSPS) is 15.9. The van der Waals surface area contributed by atoms with Crippen LogP contribution in [0.5, 0.6) is 0 Å². The highest BCUT2D eigenvalue weighted by molar-refractivity contribution is 9.10. The number of furan rings is 1. The first-order chi connectivity index (χ1) is 14.2. The van der Waals surface area contributed by atoms with Gasteiger partial charge in [-0.1, -0.05) is 35.0 Å². The number of carbonyl (C=O) groups is 1. The standard InChI is InChI=1S/C22H23BrN2O3S/c1-2-17-14-18(22(29-17)24-21(26)19-7-4-10-28-19)20(25-8-11-27-12-9-25)15-5-3-6-16(23)13-15/h3-7,10,13-14,20H,2,8-9,11-12H2,1H3,(H,24,26)/t20-/m1/s1. The molecule has 0 radical (unpaired) electrons. The molecule has 1 atom stereocenters. The highest BCUT2D eigenvalue weighted by atomic mass is 79.9. The number of benzene rings is 1. The van der Waals surface area contributed by atoms with Gasteiger partial charge in [-0.2, -0.15) is 0 Å². The van der Waals surface area contributed by atoms with Gasteiger partial charge in [0, 0.05) is 28.0 Å². The summed E-state index contributed by atoms with van der Waals surface area (Å²) in [4.78, 5) is 16.3. The van der Waals surface area contributed by atoms with Crippen LogP contribution in [0.3, 0.4) is 0 Å². The smallest absolute Gasteiger partial charge is 0.291 e. The first-order valence-electron chi connectivity index (χ1n) is 9.70. The zero-order chi connectivity index (χ0) is 20.2. The molecule has 1 fully saturated rings. The second-order valence-corrected chi connectivity index (χ2v) is 8.94. The van der Waals surface area contributed by atoms with E-state index < -0.39 is 0 Å². The summed E-state index contributed by atoms with van der Waals surface area (Å²) in [6, 6.07) is 14.1. The van der Waals surface area contributed by atoms with Crippen LogP contribution in [0.4, 0.5) is 5.00 Å². The van der Waals surface area contributed by atoms with Gasteiger partial charge in [-0.25, -0.2) is 0 Å². The van der Waals surface area contributed by atoms with Gasteiger partial charge in [0.1, 0.15) is 5.00 Å². The molecule has 3 aromatic rings. The highest BCUT2D eigenvalue weighted by Crippen LogP contribution is 2.40. The number of nitrogens with zero attached hydrogens (tertiary/aromatic N) is 1. The fourth-order valence-corrected chi connectivity index (χ4v) is 5.05. The maximum atomic E-state index is 12.7. The molecule has 29 heavy (non-hydrogen) atoms. The minimum Gasteiger partial charge on any atom is -0.459 e. The highest BCUT2D eigenvalue weighted by Gasteiger charge is 2.29. The van der Waals surface area contributed by atoms with Crippen LogP contribution in [0.25, 0.3) is 0 Å². The molecule has 1 saturated heterocycles. The number of rotatable bonds is 6. The zero-order valence-corrected chi connectivity index (χ0v) is 18.6. The van der Waals surface area contributed by atoms with E-state index in [1.165, 1.54) is 16.7 Å². The van der Waals surface area contributed by atoms with Crippen molar-refractivity contribution in [2.75, 3.05) is 31.6 Å². The second-order valence-electron chi connectivity index (χ2n) is 6.89. The van der Waals surface area contributed by atoms with Crippen molar-refractivity contribution in [2.24, 2.45) is 0 Å². The molecule has 3 heterocycles. The average molecular weight is 475 g/mol. The lowest BCUT2D eigenvalue weighted by molar-refractivity contribution is 0.0241. The van der Waals surface area contributed by atoms with Crippen molar-refractivity contribution in [2.45, 2.75) is 19.4 Å². The van der Waals surface area contributed by atoms with E-state index in [0.29, 0.717) is 19.0 Å². The lowest BCUT2D eigenvalue weighted by Gasteiger charge is -2.35. The average Bonchev–Trinajstić information content (AvgIpc) is 3.40.